The van der Waals surface area contributed by atoms with Gasteiger partial charge in [0.05, 0.1) is 10.1 Å². The molecule has 3 aliphatic rings. The number of para-hydroxylation sites is 2. The van der Waals surface area contributed by atoms with E-state index in [0.717, 1.165) is 51.3 Å². The fourth-order valence-corrected chi connectivity index (χ4v) is 11.5. The van der Waals surface area contributed by atoms with Crippen LogP contribution < -0.4 is 15.1 Å². The van der Waals surface area contributed by atoms with Gasteiger partial charge in [-0.25, -0.2) is 8.42 Å². The Morgan fingerprint density at radius 3 is 1.77 bits per heavy atom. The van der Waals surface area contributed by atoms with E-state index in [0.29, 0.717) is 64.2 Å². The lowest BCUT2D eigenvalue weighted by Gasteiger charge is -2.27. The molecule has 1 saturated carbocycles. The Kier molecular flexibility index (Phi) is 14.8. The van der Waals surface area contributed by atoms with Gasteiger partial charge in [-0.05, 0) is 84.7 Å². The number of hydrogen-bond donors (Lipinski definition) is 0. The summed E-state index contributed by atoms with van der Waals surface area (Å²) in [6.07, 6.45) is 9.64. The van der Waals surface area contributed by atoms with Crippen molar-refractivity contribution in [3.05, 3.63) is 155 Å². The minimum Gasteiger partial charge on any atom is -0.748 e. The lowest BCUT2D eigenvalue weighted by Crippen LogP contribution is -2.38. The Labute approximate surface area is 389 Å². The summed E-state index contributed by atoms with van der Waals surface area (Å²) in [5, 5.41) is 15.1. The Balaban J connectivity index is 1.40. The number of rotatable bonds is 17. The van der Waals surface area contributed by atoms with Crippen molar-refractivity contribution in [2.45, 2.75) is 89.1 Å². The predicted molar refractivity (Wildman–Crippen MR) is 251 cm³/mol. The first-order valence-electron chi connectivity index (χ1n) is 21.8. The second kappa shape index (κ2) is 19.8. The van der Waals surface area contributed by atoms with Crippen molar-refractivity contribution >= 4 is 60.0 Å². The molecule has 11 nitrogen and oxygen atoms in total. The number of halogens is 3. The summed E-state index contributed by atoms with van der Waals surface area (Å²) < 4.78 is 113. The molecule has 2 heterocycles. The second-order valence-corrected chi connectivity index (χ2v) is 21.8. The van der Waals surface area contributed by atoms with Crippen molar-refractivity contribution < 1.29 is 53.2 Å². The van der Waals surface area contributed by atoms with Crippen LogP contribution in [0, 0.1) is 0 Å². The van der Waals surface area contributed by atoms with Crippen LogP contribution in [-0.2, 0) is 46.9 Å². The van der Waals surface area contributed by atoms with Gasteiger partial charge in [0.15, 0.2) is 6.54 Å². The van der Waals surface area contributed by atoms with Crippen molar-refractivity contribution in [3.8, 4) is 0 Å². The van der Waals surface area contributed by atoms with E-state index in [2.05, 4.69) is 28.1 Å². The molecule has 66 heavy (non-hydrogen) atoms. The van der Waals surface area contributed by atoms with Gasteiger partial charge in [-0.15, -0.1) is 3.98 Å². The fraction of sp³-hybridized carbons (Fsp3) is 0.367. The van der Waals surface area contributed by atoms with Gasteiger partial charge in [0, 0.05) is 86.9 Å². The van der Waals surface area contributed by atoms with Gasteiger partial charge in [-0.1, -0.05) is 119 Å². The minimum atomic E-state index is -6.00. The van der Waals surface area contributed by atoms with Crippen molar-refractivity contribution in [2.24, 2.45) is 0 Å². The van der Waals surface area contributed by atoms with Crippen LogP contribution >= 0.6 is 12.0 Å². The number of sulfonamides is 1. The van der Waals surface area contributed by atoms with Gasteiger partial charge in [-0.2, -0.15) is 25.9 Å². The van der Waals surface area contributed by atoms with E-state index in [1.165, 1.54) is 0 Å². The number of hydrogen-bond acceptors (Lipinski definition) is 11. The van der Waals surface area contributed by atoms with Crippen LogP contribution in [0.2, 0.25) is 0 Å². The molecule has 1 fully saturated rings. The zero-order chi connectivity index (χ0) is 47.5. The van der Waals surface area contributed by atoms with Crippen LogP contribution in [0.4, 0.5) is 24.5 Å². The maximum atomic E-state index is 15.1. The molecule has 4 aromatic rings. The SMILES string of the molecule is CC1(C)\C(=C/C=C2\CCC(=C/C=C3/N(CCCCS(=O)(=O)[O-])c4ccccc4C3(C)C)\C2=[N+](\Cc2cccc3ccccc23)S(=O)(=O)C(F)(F)F)N(CCCCSOO[O-])c2ccccc21. The zero-order valence-electron chi connectivity index (χ0n) is 37.2. The van der Waals surface area contributed by atoms with Crippen molar-refractivity contribution in [1.82, 2.24) is 0 Å². The van der Waals surface area contributed by atoms with Crippen molar-refractivity contribution in [3.63, 3.8) is 0 Å². The number of unbranched alkanes of at least 4 members (excludes halogenated alkanes) is 2. The molecule has 4 aromatic carbocycles. The number of fused-ring (bicyclic) bond motifs is 3. The molecule has 0 bridgehead atoms. The highest BCUT2D eigenvalue weighted by molar-refractivity contribution is 7.94. The zero-order valence-corrected chi connectivity index (χ0v) is 39.7. The van der Waals surface area contributed by atoms with E-state index in [1.807, 2.05) is 97.6 Å². The number of alkyl halides is 3. The third kappa shape index (κ3) is 10.2. The summed E-state index contributed by atoms with van der Waals surface area (Å²) in [5.74, 6) is 0.00850. The summed E-state index contributed by atoms with van der Waals surface area (Å²) in [5.41, 5.74) is -0.0332. The van der Waals surface area contributed by atoms with E-state index in [9.17, 15) is 26.6 Å². The molecule has 0 radical (unpaired) electrons. The maximum Gasteiger partial charge on any atom is 0.560 e. The van der Waals surface area contributed by atoms with E-state index >= 15 is 13.2 Å². The van der Waals surface area contributed by atoms with Gasteiger partial charge >= 0.3 is 15.5 Å². The van der Waals surface area contributed by atoms with E-state index in [1.54, 1.807) is 36.4 Å². The first kappa shape index (κ1) is 49.2. The first-order chi connectivity index (χ1) is 31.3. The standard InChI is InChI=1S/C49H54F3N3O8S3/c1-47(2)40-20-7-9-22-42(40)53(30-11-13-32-64-63-62-56)44(47)28-26-36-24-25-37(27-29-45-48(3,4)41-21-8-10-23-43(41)54(45)31-12-14-33-65(57,58)59)46(36)55(66(60,61)49(50,51)52)34-38-18-15-17-35-16-5-6-19-39(35)38/h5-10,15-23,26-29H,11-14,24-25,30-34H2,1-4H3,(H-,56,57,58,59)/p-1. The second-order valence-electron chi connectivity index (χ2n) is 17.7. The molecule has 7 rings (SSSR count). The lowest BCUT2D eigenvalue weighted by atomic mass is 9.83. The third-order valence-electron chi connectivity index (χ3n) is 12.7. The normalized spacial score (nSPS) is 20.3. The molecule has 1 aliphatic carbocycles. The van der Waals surface area contributed by atoms with Crippen LogP contribution in [0.15, 0.2) is 138 Å². The van der Waals surface area contributed by atoms with Gasteiger partial charge in [0.25, 0.3) is 0 Å². The average molecular weight is 965 g/mol. The molecular weight excluding hydrogens is 912 g/mol. The summed E-state index contributed by atoms with van der Waals surface area (Å²) in [6.45, 7) is 8.57. The topological polar surface area (TPSA) is 142 Å². The fourth-order valence-electron chi connectivity index (χ4n) is 9.51. The monoisotopic (exact) mass is 964 g/mol. The summed E-state index contributed by atoms with van der Waals surface area (Å²) >= 11 is 0.914. The average Bonchev–Trinajstić information content (AvgIpc) is 3.84. The summed E-state index contributed by atoms with van der Waals surface area (Å²) in [7, 11) is -10.4. The number of anilines is 2. The van der Waals surface area contributed by atoms with E-state index < -0.39 is 48.8 Å². The van der Waals surface area contributed by atoms with Crippen LogP contribution in [-0.4, -0.2) is 61.2 Å². The predicted octanol–water partition coefficient (Wildman–Crippen LogP) is 9.63. The van der Waals surface area contributed by atoms with Gasteiger partial charge in [0.2, 0.25) is 5.71 Å². The first-order valence-corrected chi connectivity index (χ1v) is 25.7. The number of benzene rings is 4. The number of nitrogens with zero attached hydrogens (tertiary/aromatic N) is 3. The molecule has 0 atom stereocenters. The Morgan fingerprint density at radius 1 is 0.712 bits per heavy atom. The Bertz CT molecular complexity index is 2850. The molecule has 0 spiro atoms. The molecule has 0 saturated heterocycles. The number of allylic oxidation sites excluding steroid dienone is 8. The van der Waals surface area contributed by atoms with Crippen LogP contribution in [0.5, 0.6) is 0 Å². The van der Waals surface area contributed by atoms with E-state index in [4.69, 9.17) is 0 Å². The van der Waals surface area contributed by atoms with Gasteiger partial charge in [0.1, 0.15) is 0 Å². The summed E-state index contributed by atoms with van der Waals surface area (Å²) in [6, 6.07) is 28.1. The largest absolute Gasteiger partial charge is 0.748 e. The molecule has 0 amide bonds. The maximum absolute atomic E-state index is 15.1. The Hall–Kier alpha value is -4.75. The molecule has 0 N–H and O–H groups in total. The molecule has 0 unspecified atom stereocenters. The van der Waals surface area contributed by atoms with Gasteiger partial charge in [-0.3, -0.25) is 5.04 Å². The quantitative estimate of drug-likeness (QED) is 0.0249. The molecule has 17 heteroatoms. The highest BCUT2D eigenvalue weighted by Gasteiger charge is 2.57. The van der Waals surface area contributed by atoms with Crippen LogP contribution in [0.1, 0.15) is 82.9 Å². The van der Waals surface area contributed by atoms with Crippen LogP contribution in [0.3, 0.4) is 0 Å². The van der Waals surface area contributed by atoms with Crippen molar-refractivity contribution in [1.29, 1.82) is 0 Å². The smallest absolute Gasteiger partial charge is 0.560 e. The molecule has 352 valence electrons. The highest BCUT2D eigenvalue weighted by Crippen LogP contribution is 2.49. The molecule has 2 aliphatic heterocycles. The third-order valence-corrected chi connectivity index (χ3v) is 15.6. The minimum absolute atomic E-state index is 0.0491. The highest BCUT2D eigenvalue weighted by atomic mass is 32.2. The molecule has 0 aromatic heterocycles. The Morgan fingerprint density at radius 2 is 1.23 bits per heavy atom. The summed E-state index contributed by atoms with van der Waals surface area (Å²) in [4.78, 5) is 4.22. The van der Waals surface area contributed by atoms with E-state index in [-0.39, 0.29) is 25.0 Å². The van der Waals surface area contributed by atoms with Crippen LogP contribution in [0.25, 0.3) is 10.8 Å². The molecular formula is C49H53F3N3O8S3-. The van der Waals surface area contributed by atoms with Crippen molar-refractivity contribution in [2.75, 3.05) is 34.4 Å². The van der Waals surface area contributed by atoms with Gasteiger partial charge < -0.3 is 19.6 Å². The lowest BCUT2D eigenvalue weighted by molar-refractivity contribution is -0.777.